The second kappa shape index (κ2) is 10.4. The summed E-state index contributed by atoms with van der Waals surface area (Å²) >= 11 is 3.43. The van der Waals surface area contributed by atoms with Gasteiger partial charge in [-0.2, -0.15) is 0 Å². The van der Waals surface area contributed by atoms with E-state index in [-0.39, 0.29) is 9.87 Å². The molecule has 0 saturated carbocycles. The van der Waals surface area contributed by atoms with Crippen molar-refractivity contribution in [3.8, 4) is 0 Å². The van der Waals surface area contributed by atoms with Gasteiger partial charge in [0.2, 0.25) is 0 Å². The number of thioether (sulfide) groups is 2. The van der Waals surface area contributed by atoms with E-state index in [2.05, 4.69) is 41.5 Å². The molecule has 0 aliphatic carbocycles. The van der Waals surface area contributed by atoms with Crippen LogP contribution in [0.3, 0.4) is 0 Å². The van der Waals surface area contributed by atoms with E-state index >= 15 is 0 Å². The van der Waals surface area contributed by atoms with Crippen molar-refractivity contribution in [2.24, 2.45) is 0 Å². The van der Waals surface area contributed by atoms with E-state index in [0.717, 1.165) is 37.2 Å². The van der Waals surface area contributed by atoms with Crippen LogP contribution in [-0.2, 0) is 13.6 Å². The molecule has 0 bridgehead atoms. The SMILES string of the molecule is CCSC(CC)(CC)O[P+](=O)OC(CC)(CC)SCC. The molecule has 0 rings (SSSR count). The maximum atomic E-state index is 12.3. The van der Waals surface area contributed by atoms with Crippen LogP contribution in [0.5, 0.6) is 0 Å². The third kappa shape index (κ3) is 6.23. The third-order valence-corrected chi connectivity index (χ3v) is 7.65. The highest BCUT2D eigenvalue weighted by atomic mass is 32.2. The normalized spacial score (nSPS) is 12.7. The zero-order chi connectivity index (χ0) is 15.6. The Balaban J connectivity index is 4.80. The van der Waals surface area contributed by atoms with Crippen LogP contribution in [0, 0.1) is 0 Å². The van der Waals surface area contributed by atoms with Gasteiger partial charge >= 0.3 is 8.25 Å². The summed E-state index contributed by atoms with van der Waals surface area (Å²) in [4.78, 5) is -0.765. The molecule has 0 heterocycles. The highest BCUT2D eigenvalue weighted by Crippen LogP contribution is 2.48. The Labute approximate surface area is 134 Å². The van der Waals surface area contributed by atoms with Gasteiger partial charge in [0.15, 0.2) is 9.87 Å². The topological polar surface area (TPSA) is 35.5 Å². The van der Waals surface area contributed by atoms with Gasteiger partial charge in [0.25, 0.3) is 0 Å². The Morgan fingerprint density at radius 3 is 1.25 bits per heavy atom. The van der Waals surface area contributed by atoms with Crippen molar-refractivity contribution < 1.29 is 13.6 Å². The lowest BCUT2D eigenvalue weighted by Gasteiger charge is -2.26. The Kier molecular flexibility index (Phi) is 10.8. The van der Waals surface area contributed by atoms with E-state index in [1.165, 1.54) is 0 Å². The van der Waals surface area contributed by atoms with Crippen LogP contribution in [0.25, 0.3) is 0 Å². The summed E-state index contributed by atoms with van der Waals surface area (Å²) in [7, 11) is -2.09. The smallest absolute Gasteiger partial charge is 0.122 e. The molecule has 0 atom stereocenters. The predicted molar refractivity (Wildman–Crippen MR) is 92.7 cm³/mol. The molecule has 0 unspecified atom stereocenters. The van der Waals surface area contributed by atoms with Gasteiger partial charge in [-0.05, 0) is 37.2 Å². The third-order valence-electron chi connectivity index (χ3n) is 3.45. The predicted octanol–water partition coefficient (Wildman–Crippen LogP) is 6.22. The largest absolute Gasteiger partial charge is 0.700 e. The van der Waals surface area contributed by atoms with Gasteiger partial charge in [0.1, 0.15) is 0 Å². The fraction of sp³-hybridized carbons (Fsp3) is 1.00. The van der Waals surface area contributed by atoms with Crippen LogP contribution in [-0.4, -0.2) is 21.4 Å². The van der Waals surface area contributed by atoms with Crippen LogP contribution in [0.4, 0.5) is 0 Å². The van der Waals surface area contributed by atoms with Crippen molar-refractivity contribution in [2.75, 3.05) is 11.5 Å². The van der Waals surface area contributed by atoms with Crippen LogP contribution in [0.2, 0.25) is 0 Å². The van der Waals surface area contributed by atoms with Crippen LogP contribution in [0.15, 0.2) is 0 Å². The van der Waals surface area contributed by atoms with Gasteiger partial charge in [0.05, 0.1) is 0 Å². The number of hydrogen-bond donors (Lipinski definition) is 0. The lowest BCUT2D eigenvalue weighted by molar-refractivity contribution is 0.0882. The standard InChI is InChI=1S/C14H30O3PS2/c1-7-13(8-2,19-11-5)16-18(15)17-14(9-3,10-4)20-12-6/h7-12H2,1-6H3/q+1. The summed E-state index contributed by atoms with van der Waals surface area (Å²) in [6, 6.07) is 0. The lowest BCUT2D eigenvalue weighted by atomic mass is 10.2. The first kappa shape index (κ1) is 20.7. The Hall–Kier alpha value is 0.720. The van der Waals surface area contributed by atoms with Gasteiger partial charge in [-0.1, -0.05) is 41.5 Å². The van der Waals surface area contributed by atoms with Crippen molar-refractivity contribution in [2.45, 2.75) is 77.1 Å². The monoisotopic (exact) mass is 341 g/mol. The van der Waals surface area contributed by atoms with E-state index in [1.807, 2.05) is 0 Å². The van der Waals surface area contributed by atoms with Crippen molar-refractivity contribution in [1.29, 1.82) is 0 Å². The Bertz CT molecular complexity index is 254. The quantitative estimate of drug-likeness (QED) is 0.311. The summed E-state index contributed by atoms with van der Waals surface area (Å²) in [6.45, 7) is 12.5. The molecule has 120 valence electrons. The van der Waals surface area contributed by atoms with E-state index in [4.69, 9.17) is 9.05 Å². The van der Waals surface area contributed by atoms with Gasteiger partial charge in [-0.3, -0.25) is 0 Å². The molecule has 0 amide bonds. The maximum absolute atomic E-state index is 12.3. The van der Waals surface area contributed by atoms with E-state index in [0.29, 0.717) is 0 Å². The first-order valence-electron chi connectivity index (χ1n) is 7.60. The van der Waals surface area contributed by atoms with Crippen LogP contribution in [0.1, 0.15) is 67.2 Å². The van der Waals surface area contributed by atoms with Gasteiger partial charge in [-0.25, -0.2) is 0 Å². The van der Waals surface area contributed by atoms with Gasteiger partial charge < -0.3 is 0 Å². The van der Waals surface area contributed by atoms with E-state index in [9.17, 15) is 4.57 Å². The molecule has 0 aromatic rings. The number of rotatable bonds is 12. The molecule has 0 aliphatic rings. The molecular formula is C14H30O3PS2+. The van der Waals surface area contributed by atoms with Crippen LogP contribution >= 0.6 is 31.8 Å². The fourth-order valence-corrected chi connectivity index (χ4v) is 5.79. The molecule has 3 nitrogen and oxygen atoms in total. The summed E-state index contributed by atoms with van der Waals surface area (Å²) in [5.74, 6) is 1.89. The molecule has 0 N–H and O–H groups in total. The molecule has 0 aromatic carbocycles. The summed E-state index contributed by atoms with van der Waals surface area (Å²) in [5, 5.41) is 0. The molecule has 20 heavy (non-hydrogen) atoms. The lowest BCUT2D eigenvalue weighted by Crippen LogP contribution is -2.28. The molecule has 0 aliphatic heterocycles. The van der Waals surface area contributed by atoms with Gasteiger partial charge in [-0.15, -0.1) is 32.6 Å². The Morgan fingerprint density at radius 1 is 0.750 bits per heavy atom. The zero-order valence-electron chi connectivity index (χ0n) is 13.7. The fourth-order valence-electron chi connectivity index (χ4n) is 2.04. The average Bonchev–Trinajstić information content (AvgIpc) is 2.46. The van der Waals surface area contributed by atoms with Crippen LogP contribution < -0.4 is 0 Å². The molecule has 0 aromatic heterocycles. The van der Waals surface area contributed by atoms with Crippen molar-refractivity contribution >= 4 is 31.8 Å². The van der Waals surface area contributed by atoms with Crippen molar-refractivity contribution in [3.63, 3.8) is 0 Å². The van der Waals surface area contributed by atoms with Crippen molar-refractivity contribution in [3.05, 3.63) is 0 Å². The molecule has 0 spiro atoms. The first-order chi connectivity index (χ1) is 9.46. The average molecular weight is 341 g/mol. The second-order valence-corrected chi connectivity index (χ2v) is 8.54. The summed E-state index contributed by atoms with van der Waals surface area (Å²) < 4.78 is 24.0. The minimum atomic E-state index is -2.09. The maximum Gasteiger partial charge on any atom is 0.700 e. The van der Waals surface area contributed by atoms with Gasteiger partial charge in [0, 0.05) is 4.57 Å². The second-order valence-electron chi connectivity index (χ2n) is 4.51. The minimum absolute atomic E-state index is 0.383. The highest BCUT2D eigenvalue weighted by molar-refractivity contribution is 8.00. The number of hydrogen-bond acceptors (Lipinski definition) is 5. The summed E-state index contributed by atoms with van der Waals surface area (Å²) in [6.07, 6.45) is 3.33. The molecule has 0 saturated heterocycles. The van der Waals surface area contributed by atoms with Crippen molar-refractivity contribution in [1.82, 2.24) is 0 Å². The zero-order valence-corrected chi connectivity index (χ0v) is 16.3. The molecule has 0 radical (unpaired) electrons. The van der Waals surface area contributed by atoms with E-state index < -0.39 is 8.25 Å². The minimum Gasteiger partial charge on any atom is -0.122 e. The Morgan fingerprint density at radius 2 is 1.05 bits per heavy atom. The highest BCUT2D eigenvalue weighted by Gasteiger charge is 2.45. The molecule has 0 fully saturated rings. The molecule has 6 heteroatoms. The summed E-state index contributed by atoms with van der Waals surface area (Å²) in [5.41, 5.74) is 0. The first-order valence-corrected chi connectivity index (χ1v) is 10.7. The molecular weight excluding hydrogens is 311 g/mol. The van der Waals surface area contributed by atoms with E-state index in [1.54, 1.807) is 23.5 Å².